The number of aromatic nitrogens is 3. The summed E-state index contributed by atoms with van der Waals surface area (Å²) in [6, 6.07) is 9.05. The molecule has 0 bridgehead atoms. The Bertz CT molecular complexity index is 968. The van der Waals surface area contributed by atoms with Gasteiger partial charge in [0.15, 0.2) is 0 Å². The fourth-order valence-corrected chi connectivity index (χ4v) is 3.84. The first kappa shape index (κ1) is 18.2. The van der Waals surface area contributed by atoms with Crippen LogP contribution in [-0.4, -0.2) is 43.5 Å². The Kier molecular flexibility index (Phi) is 5.10. The number of benzene rings is 1. The number of amides is 1. The van der Waals surface area contributed by atoms with Crippen molar-refractivity contribution >= 4 is 5.91 Å². The van der Waals surface area contributed by atoms with Gasteiger partial charge in [-0.3, -0.25) is 9.78 Å². The van der Waals surface area contributed by atoms with Crippen LogP contribution in [0.5, 0.6) is 5.75 Å². The van der Waals surface area contributed by atoms with Crippen molar-refractivity contribution in [1.29, 1.82) is 0 Å². The normalized spacial score (nSPS) is 16.9. The van der Waals surface area contributed by atoms with Gasteiger partial charge < -0.3 is 14.6 Å². The summed E-state index contributed by atoms with van der Waals surface area (Å²) in [5.41, 5.74) is 2.51. The van der Waals surface area contributed by atoms with Gasteiger partial charge >= 0.3 is 0 Å². The molecule has 3 aromatic rings. The number of phenols is 1. The number of aryl methyl sites for hydroxylation is 1. The lowest BCUT2D eigenvalue weighted by atomic mass is 9.96. The first-order valence-corrected chi connectivity index (χ1v) is 9.60. The molecule has 6 heteroatoms. The third-order valence-corrected chi connectivity index (χ3v) is 5.37. The van der Waals surface area contributed by atoms with E-state index in [0.29, 0.717) is 17.7 Å². The van der Waals surface area contributed by atoms with E-state index in [2.05, 4.69) is 14.5 Å². The summed E-state index contributed by atoms with van der Waals surface area (Å²) >= 11 is 0. The van der Waals surface area contributed by atoms with Gasteiger partial charge in [0.25, 0.3) is 5.91 Å². The second-order valence-electron chi connectivity index (χ2n) is 7.36. The first-order chi connectivity index (χ1) is 13.6. The number of aromatic hydroxyl groups is 1. The minimum absolute atomic E-state index is 0.0139. The molecule has 2 aromatic heterocycles. The average molecular weight is 376 g/mol. The Labute approximate surface area is 164 Å². The minimum atomic E-state index is 0.0139. The van der Waals surface area contributed by atoms with Crippen LogP contribution in [0, 0.1) is 6.92 Å². The number of carbonyl (C=O) groups is 1. The predicted octanol–water partition coefficient (Wildman–Crippen LogP) is 3.36. The predicted molar refractivity (Wildman–Crippen MR) is 106 cm³/mol. The maximum Gasteiger partial charge on any atom is 0.253 e. The number of likely N-dealkylation sites (tertiary alicyclic amines) is 1. The zero-order chi connectivity index (χ0) is 19.5. The zero-order valence-electron chi connectivity index (χ0n) is 16.0. The van der Waals surface area contributed by atoms with Gasteiger partial charge in [-0.15, -0.1) is 0 Å². The van der Waals surface area contributed by atoms with Crippen molar-refractivity contribution in [2.24, 2.45) is 0 Å². The Hall–Kier alpha value is -3.15. The monoisotopic (exact) mass is 376 g/mol. The lowest BCUT2D eigenvalue weighted by molar-refractivity contribution is 0.0703. The maximum atomic E-state index is 13.0. The Morgan fingerprint density at radius 2 is 2.04 bits per heavy atom. The SMILES string of the molecule is Cc1cc(C(=O)N2CCC[C@H](c3nccn3Cc3ccncc3)C2)ccc1O. The number of phenolic OH excluding ortho intramolecular Hbond substituents is 1. The van der Waals surface area contributed by atoms with Gasteiger partial charge in [-0.05, 0) is 61.2 Å². The Morgan fingerprint density at radius 3 is 2.82 bits per heavy atom. The summed E-state index contributed by atoms with van der Waals surface area (Å²) in [4.78, 5) is 23.5. The number of imidazole rings is 1. The molecule has 0 radical (unpaired) electrons. The van der Waals surface area contributed by atoms with Crippen LogP contribution in [0.1, 0.15) is 46.1 Å². The van der Waals surface area contributed by atoms with E-state index in [1.54, 1.807) is 37.5 Å². The van der Waals surface area contributed by atoms with Crippen molar-refractivity contribution in [2.45, 2.75) is 32.2 Å². The summed E-state index contributed by atoms with van der Waals surface area (Å²) in [6.07, 6.45) is 9.40. The molecule has 0 spiro atoms. The van der Waals surface area contributed by atoms with E-state index in [1.807, 2.05) is 29.4 Å². The number of nitrogens with zero attached hydrogens (tertiary/aromatic N) is 4. The molecular formula is C22H24N4O2. The van der Waals surface area contributed by atoms with E-state index in [4.69, 9.17) is 0 Å². The van der Waals surface area contributed by atoms with E-state index in [-0.39, 0.29) is 17.6 Å². The summed E-state index contributed by atoms with van der Waals surface area (Å²) in [7, 11) is 0. The molecule has 0 aliphatic carbocycles. The largest absolute Gasteiger partial charge is 0.508 e. The number of hydrogen-bond acceptors (Lipinski definition) is 4. The van der Waals surface area contributed by atoms with Crippen LogP contribution in [0.25, 0.3) is 0 Å². The summed E-state index contributed by atoms with van der Waals surface area (Å²) in [5, 5.41) is 9.71. The van der Waals surface area contributed by atoms with E-state index in [9.17, 15) is 9.90 Å². The molecule has 0 saturated carbocycles. The molecular weight excluding hydrogens is 352 g/mol. The molecule has 144 valence electrons. The standard InChI is InChI=1S/C22H24N4O2/c1-16-13-18(4-5-20(16)27)22(28)26-11-2-3-19(15-26)21-24-10-12-25(21)14-17-6-8-23-9-7-17/h4-10,12-13,19,27H,2-3,11,14-15H2,1H3/t19-/m0/s1. The van der Waals surface area contributed by atoms with Crippen LogP contribution in [0.15, 0.2) is 55.1 Å². The van der Waals surface area contributed by atoms with E-state index in [0.717, 1.165) is 31.8 Å². The highest BCUT2D eigenvalue weighted by molar-refractivity contribution is 5.94. The highest BCUT2D eigenvalue weighted by atomic mass is 16.3. The highest BCUT2D eigenvalue weighted by Crippen LogP contribution is 2.28. The van der Waals surface area contributed by atoms with Gasteiger partial charge in [0.1, 0.15) is 11.6 Å². The third kappa shape index (κ3) is 3.76. The van der Waals surface area contributed by atoms with Crippen LogP contribution in [0.4, 0.5) is 0 Å². The molecule has 28 heavy (non-hydrogen) atoms. The number of rotatable bonds is 4. The molecule has 4 rings (SSSR count). The van der Waals surface area contributed by atoms with Crippen molar-refractivity contribution in [3.05, 3.63) is 77.6 Å². The average Bonchev–Trinajstić information content (AvgIpc) is 3.18. The fourth-order valence-electron chi connectivity index (χ4n) is 3.84. The lowest BCUT2D eigenvalue weighted by Gasteiger charge is -2.33. The van der Waals surface area contributed by atoms with Gasteiger partial charge in [0.05, 0.1) is 0 Å². The van der Waals surface area contributed by atoms with Gasteiger partial charge in [-0.2, -0.15) is 0 Å². The Morgan fingerprint density at radius 1 is 1.21 bits per heavy atom. The molecule has 1 aliphatic heterocycles. The maximum absolute atomic E-state index is 13.0. The van der Waals surface area contributed by atoms with Crippen molar-refractivity contribution in [2.75, 3.05) is 13.1 Å². The van der Waals surface area contributed by atoms with Gasteiger partial charge in [0, 0.05) is 55.9 Å². The molecule has 6 nitrogen and oxygen atoms in total. The van der Waals surface area contributed by atoms with Crippen LogP contribution in [0.2, 0.25) is 0 Å². The molecule has 0 unspecified atom stereocenters. The van der Waals surface area contributed by atoms with Crippen molar-refractivity contribution in [1.82, 2.24) is 19.4 Å². The van der Waals surface area contributed by atoms with Gasteiger partial charge in [-0.25, -0.2) is 4.98 Å². The second kappa shape index (κ2) is 7.84. The number of carbonyl (C=O) groups excluding carboxylic acids is 1. The van der Waals surface area contributed by atoms with Crippen LogP contribution in [-0.2, 0) is 6.54 Å². The zero-order valence-corrected chi connectivity index (χ0v) is 16.0. The van der Waals surface area contributed by atoms with Crippen LogP contribution < -0.4 is 0 Å². The van der Waals surface area contributed by atoms with Crippen LogP contribution >= 0.6 is 0 Å². The molecule has 1 atom stereocenters. The molecule has 1 N–H and O–H groups in total. The van der Waals surface area contributed by atoms with Crippen molar-refractivity contribution in [3.8, 4) is 5.75 Å². The molecule has 1 aliphatic rings. The molecule has 1 fully saturated rings. The third-order valence-electron chi connectivity index (χ3n) is 5.37. The smallest absolute Gasteiger partial charge is 0.253 e. The molecule has 1 saturated heterocycles. The van der Waals surface area contributed by atoms with Crippen LogP contribution in [0.3, 0.4) is 0 Å². The number of pyridine rings is 1. The first-order valence-electron chi connectivity index (χ1n) is 9.60. The van der Waals surface area contributed by atoms with E-state index < -0.39 is 0 Å². The molecule has 1 amide bonds. The van der Waals surface area contributed by atoms with Gasteiger partial charge in [0.2, 0.25) is 0 Å². The topological polar surface area (TPSA) is 71.2 Å². The van der Waals surface area contributed by atoms with E-state index >= 15 is 0 Å². The molecule has 1 aromatic carbocycles. The van der Waals surface area contributed by atoms with Gasteiger partial charge in [-0.1, -0.05) is 0 Å². The molecule has 3 heterocycles. The minimum Gasteiger partial charge on any atom is -0.508 e. The summed E-state index contributed by atoms with van der Waals surface area (Å²) in [6.45, 7) is 3.97. The highest BCUT2D eigenvalue weighted by Gasteiger charge is 2.28. The van der Waals surface area contributed by atoms with Crippen molar-refractivity contribution < 1.29 is 9.90 Å². The lowest BCUT2D eigenvalue weighted by Crippen LogP contribution is -2.39. The quantitative estimate of drug-likeness (QED) is 0.758. The fraction of sp³-hybridized carbons (Fsp3) is 0.318. The second-order valence-corrected chi connectivity index (χ2v) is 7.36. The van der Waals surface area contributed by atoms with Crippen molar-refractivity contribution in [3.63, 3.8) is 0 Å². The number of piperidine rings is 1. The Balaban J connectivity index is 1.51. The number of hydrogen-bond donors (Lipinski definition) is 1. The summed E-state index contributed by atoms with van der Waals surface area (Å²) < 4.78 is 2.17. The summed E-state index contributed by atoms with van der Waals surface area (Å²) in [5.74, 6) is 1.47. The van der Waals surface area contributed by atoms with E-state index in [1.165, 1.54) is 5.56 Å².